The Morgan fingerprint density at radius 3 is 2.76 bits per heavy atom. The van der Waals surface area contributed by atoms with Gasteiger partial charge in [0, 0.05) is 42.8 Å². The molecule has 0 fully saturated rings. The Morgan fingerprint density at radius 1 is 1.17 bits per heavy atom. The van der Waals surface area contributed by atoms with E-state index in [0.29, 0.717) is 18.2 Å². The molecule has 0 aliphatic rings. The summed E-state index contributed by atoms with van der Waals surface area (Å²) in [5.41, 5.74) is 11.2. The molecule has 8 heteroatoms. The molecule has 0 aliphatic carbocycles. The van der Waals surface area contributed by atoms with Gasteiger partial charge in [0.1, 0.15) is 0 Å². The fourth-order valence-corrected chi connectivity index (χ4v) is 3.95. The van der Waals surface area contributed by atoms with E-state index in [4.69, 9.17) is 5.73 Å². The minimum Gasteiger partial charge on any atom is -0.338 e. The normalized spacial score (nSPS) is 10.8. The minimum absolute atomic E-state index is 0.272. The number of hydrogen-bond donors (Lipinski definition) is 3. The lowest BCUT2D eigenvalue weighted by Gasteiger charge is -2.07. The van der Waals surface area contributed by atoms with E-state index in [2.05, 4.69) is 31.7 Å². The van der Waals surface area contributed by atoms with Crippen molar-refractivity contribution in [1.29, 1.82) is 0 Å². The minimum atomic E-state index is -0.272. The summed E-state index contributed by atoms with van der Waals surface area (Å²) in [7, 11) is 0. The summed E-state index contributed by atoms with van der Waals surface area (Å²) in [6.07, 6.45) is 5.34. The number of pyridine rings is 2. The number of anilines is 1. The summed E-state index contributed by atoms with van der Waals surface area (Å²) >= 11 is 1.42. The molecule has 1 aromatic carbocycles. The van der Waals surface area contributed by atoms with Crippen LogP contribution in [0.3, 0.4) is 0 Å². The molecule has 4 N–H and O–H groups in total. The third-order valence-electron chi connectivity index (χ3n) is 4.38. The maximum atomic E-state index is 11.9. The number of urea groups is 1. The second-order valence-corrected chi connectivity index (χ2v) is 7.37. The maximum Gasteiger partial charge on any atom is 0.321 e. The highest BCUT2D eigenvalue weighted by Gasteiger charge is 2.15. The summed E-state index contributed by atoms with van der Waals surface area (Å²) in [5.74, 6) is 0. The predicted octanol–water partition coefficient (Wildman–Crippen LogP) is 4.02. The van der Waals surface area contributed by atoms with Crippen molar-refractivity contribution in [2.24, 2.45) is 5.73 Å². The number of hydrogen-bond acceptors (Lipinski definition) is 6. The van der Waals surface area contributed by atoms with Gasteiger partial charge in [-0.3, -0.25) is 15.3 Å². The Labute approximate surface area is 172 Å². The highest BCUT2D eigenvalue weighted by molar-refractivity contribution is 7.22. The Kier molecular flexibility index (Phi) is 5.46. The quantitative estimate of drug-likeness (QED) is 0.466. The monoisotopic (exact) mass is 404 g/mol. The SMILES string of the molecule is CCNC(=O)Nc1nc2cc(-c3cccnc3)cc(-c3ccc(CN)cn3)c2s1. The maximum absolute atomic E-state index is 11.9. The highest BCUT2D eigenvalue weighted by atomic mass is 32.1. The van der Waals surface area contributed by atoms with Crippen LogP contribution in [0.5, 0.6) is 0 Å². The van der Waals surface area contributed by atoms with Crippen molar-refractivity contribution in [1.82, 2.24) is 20.3 Å². The third-order valence-corrected chi connectivity index (χ3v) is 5.40. The third kappa shape index (κ3) is 4.08. The van der Waals surface area contributed by atoms with Crippen LogP contribution in [-0.4, -0.2) is 27.5 Å². The molecule has 4 rings (SSSR count). The standard InChI is InChI=1S/C21H20N6OS/c1-2-24-20(28)27-21-26-18-9-15(14-4-3-7-23-12-14)8-16(19(18)29-21)17-6-5-13(10-22)11-25-17/h3-9,11-12H,2,10,22H2,1H3,(H2,24,26,27,28). The number of amides is 2. The first-order valence-corrected chi connectivity index (χ1v) is 10.0. The molecule has 0 radical (unpaired) electrons. The second kappa shape index (κ2) is 8.34. The lowest BCUT2D eigenvalue weighted by atomic mass is 10.0. The predicted molar refractivity (Wildman–Crippen MR) is 117 cm³/mol. The van der Waals surface area contributed by atoms with Gasteiger partial charge in [-0.25, -0.2) is 9.78 Å². The van der Waals surface area contributed by atoms with Gasteiger partial charge in [0.25, 0.3) is 0 Å². The van der Waals surface area contributed by atoms with Crippen molar-refractivity contribution >= 4 is 32.7 Å². The first-order valence-electron chi connectivity index (χ1n) is 9.23. The topological polar surface area (TPSA) is 106 Å². The zero-order valence-corrected chi connectivity index (χ0v) is 16.7. The van der Waals surface area contributed by atoms with Crippen molar-refractivity contribution in [3.63, 3.8) is 0 Å². The second-order valence-electron chi connectivity index (χ2n) is 6.37. The molecule has 0 atom stereocenters. The number of thiazole rings is 1. The lowest BCUT2D eigenvalue weighted by molar-refractivity contribution is 0.252. The Balaban J connectivity index is 1.85. The largest absolute Gasteiger partial charge is 0.338 e. The number of nitrogens with zero attached hydrogens (tertiary/aromatic N) is 3. The molecule has 0 unspecified atom stereocenters. The van der Waals surface area contributed by atoms with E-state index >= 15 is 0 Å². The fraction of sp³-hybridized carbons (Fsp3) is 0.143. The van der Waals surface area contributed by atoms with Gasteiger partial charge in [0.15, 0.2) is 5.13 Å². The molecule has 3 heterocycles. The van der Waals surface area contributed by atoms with E-state index in [1.807, 2.05) is 43.5 Å². The molecule has 146 valence electrons. The van der Waals surface area contributed by atoms with Crippen LogP contribution in [0.15, 0.2) is 55.0 Å². The first kappa shape index (κ1) is 19.0. The van der Waals surface area contributed by atoms with E-state index in [1.54, 1.807) is 12.4 Å². The van der Waals surface area contributed by atoms with Crippen LogP contribution in [0.25, 0.3) is 32.6 Å². The Bertz CT molecular complexity index is 1140. The van der Waals surface area contributed by atoms with Crippen LogP contribution in [0.2, 0.25) is 0 Å². The van der Waals surface area contributed by atoms with Crippen LogP contribution in [0, 0.1) is 0 Å². The van der Waals surface area contributed by atoms with Gasteiger partial charge in [-0.2, -0.15) is 0 Å². The molecule has 7 nitrogen and oxygen atoms in total. The zero-order chi connectivity index (χ0) is 20.2. The molecule has 0 spiro atoms. The van der Waals surface area contributed by atoms with Crippen molar-refractivity contribution in [3.8, 4) is 22.4 Å². The number of carbonyl (C=O) groups is 1. The van der Waals surface area contributed by atoms with Gasteiger partial charge in [-0.05, 0) is 42.3 Å². The van der Waals surface area contributed by atoms with Gasteiger partial charge in [0.2, 0.25) is 0 Å². The van der Waals surface area contributed by atoms with Gasteiger partial charge in [0.05, 0.1) is 15.9 Å². The zero-order valence-electron chi connectivity index (χ0n) is 15.8. The van der Waals surface area contributed by atoms with E-state index in [9.17, 15) is 4.79 Å². The van der Waals surface area contributed by atoms with Crippen LogP contribution in [-0.2, 0) is 6.54 Å². The summed E-state index contributed by atoms with van der Waals surface area (Å²) in [6, 6.07) is 11.6. The summed E-state index contributed by atoms with van der Waals surface area (Å²) in [5, 5.41) is 6.05. The van der Waals surface area contributed by atoms with Crippen LogP contribution in [0.4, 0.5) is 9.93 Å². The number of nitrogens with two attached hydrogens (primary N) is 1. The number of rotatable bonds is 5. The number of fused-ring (bicyclic) bond motifs is 1. The number of benzene rings is 1. The van der Waals surface area contributed by atoms with Gasteiger partial charge < -0.3 is 11.1 Å². The molecule has 0 aliphatic heterocycles. The molecule has 29 heavy (non-hydrogen) atoms. The number of carbonyl (C=O) groups excluding carboxylic acids is 1. The molecule has 2 amide bonds. The van der Waals surface area contributed by atoms with Crippen molar-refractivity contribution in [2.75, 3.05) is 11.9 Å². The molecular formula is C21H20N6OS. The number of nitrogens with one attached hydrogen (secondary N) is 2. The first-order chi connectivity index (χ1) is 14.2. The average molecular weight is 404 g/mol. The number of aromatic nitrogens is 3. The lowest BCUT2D eigenvalue weighted by Crippen LogP contribution is -2.28. The molecule has 0 saturated carbocycles. The van der Waals surface area contributed by atoms with Crippen LogP contribution >= 0.6 is 11.3 Å². The van der Waals surface area contributed by atoms with Crippen molar-refractivity contribution < 1.29 is 4.79 Å². The van der Waals surface area contributed by atoms with E-state index < -0.39 is 0 Å². The van der Waals surface area contributed by atoms with Crippen molar-refractivity contribution in [3.05, 3.63) is 60.6 Å². The molecule has 0 saturated heterocycles. The molecule has 4 aromatic rings. The van der Waals surface area contributed by atoms with Gasteiger partial charge >= 0.3 is 6.03 Å². The van der Waals surface area contributed by atoms with Crippen molar-refractivity contribution in [2.45, 2.75) is 13.5 Å². The van der Waals surface area contributed by atoms with E-state index in [1.165, 1.54) is 11.3 Å². The van der Waals surface area contributed by atoms with E-state index in [0.717, 1.165) is 38.2 Å². The Morgan fingerprint density at radius 2 is 2.07 bits per heavy atom. The summed E-state index contributed by atoms with van der Waals surface area (Å²) in [4.78, 5) is 25.3. The fourth-order valence-electron chi connectivity index (χ4n) is 2.98. The summed E-state index contributed by atoms with van der Waals surface area (Å²) < 4.78 is 0.956. The molecule has 3 aromatic heterocycles. The van der Waals surface area contributed by atoms with Crippen LogP contribution < -0.4 is 16.4 Å². The van der Waals surface area contributed by atoms with Crippen LogP contribution in [0.1, 0.15) is 12.5 Å². The Hall–Kier alpha value is -3.36. The molecular weight excluding hydrogens is 384 g/mol. The summed E-state index contributed by atoms with van der Waals surface area (Å²) in [6.45, 7) is 2.86. The molecule has 0 bridgehead atoms. The highest BCUT2D eigenvalue weighted by Crippen LogP contribution is 2.38. The van der Waals surface area contributed by atoms with Gasteiger partial charge in [-0.1, -0.05) is 23.5 Å². The van der Waals surface area contributed by atoms with Gasteiger partial charge in [-0.15, -0.1) is 0 Å². The smallest absolute Gasteiger partial charge is 0.321 e. The average Bonchev–Trinajstić information content (AvgIpc) is 3.16. The van der Waals surface area contributed by atoms with E-state index in [-0.39, 0.29) is 6.03 Å².